The quantitative estimate of drug-likeness (QED) is 0.648. The molecule has 1 aromatic rings. The first-order valence-corrected chi connectivity index (χ1v) is 10.0. The maximum atomic E-state index is 12.1. The molecule has 128 valence electrons. The van der Waals surface area contributed by atoms with Gasteiger partial charge in [-0.05, 0) is 49.1 Å². The molecular weight excluding hydrogens is 306 g/mol. The van der Waals surface area contributed by atoms with Crippen molar-refractivity contribution in [1.29, 1.82) is 0 Å². The molecule has 4 heteroatoms. The number of anilines is 1. The van der Waals surface area contributed by atoms with Crippen LogP contribution in [0.3, 0.4) is 0 Å². The van der Waals surface area contributed by atoms with Crippen LogP contribution in [0.2, 0.25) is 0 Å². The second-order valence-electron chi connectivity index (χ2n) is 6.40. The number of carbonyl (C=O) groups is 1. The molecule has 0 heterocycles. The highest BCUT2D eigenvalue weighted by atomic mass is 32.2. The first kappa shape index (κ1) is 18.3. The van der Waals surface area contributed by atoms with Gasteiger partial charge in [-0.1, -0.05) is 38.3 Å². The van der Waals surface area contributed by atoms with Gasteiger partial charge in [-0.15, -0.1) is 0 Å². The molecule has 0 unspecified atom stereocenters. The Balaban J connectivity index is 1.70. The molecule has 0 aliphatic heterocycles. The van der Waals surface area contributed by atoms with Crippen LogP contribution < -0.4 is 5.32 Å². The standard InChI is InChI=1S/C19H29NO2S/c1-2-3-4-5-13-23-14-15-9-11-16(12-10-15)20-19(22)17-7-6-8-18(17)21/h9-12,17-18,21H,2-8,13-14H2,1H3,(H,20,22)/t17-,18-/m0/s1. The normalized spacial score (nSPS) is 20.6. The summed E-state index contributed by atoms with van der Waals surface area (Å²) in [6.45, 7) is 2.24. The van der Waals surface area contributed by atoms with E-state index >= 15 is 0 Å². The second-order valence-corrected chi connectivity index (χ2v) is 7.51. The van der Waals surface area contributed by atoms with Gasteiger partial charge in [-0.25, -0.2) is 0 Å². The van der Waals surface area contributed by atoms with Gasteiger partial charge in [0.2, 0.25) is 5.91 Å². The zero-order chi connectivity index (χ0) is 16.5. The Bertz CT molecular complexity index is 475. The van der Waals surface area contributed by atoms with Gasteiger partial charge in [-0.3, -0.25) is 4.79 Å². The van der Waals surface area contributed by atoms with Crippen LogP contribution in [-0.4, -0.2) is 22.9 Å². The molecule has 3 nitrogen and oxygen atoms in total. The number of amides is 1. The van der Waals surface area contributed by atoms with Crippen molar-refractivity contribution in [3.8, 4) is 0 Å². The number of hydrogen-bond donors (Lipinski definition) is 2. The van der Waals surface area contributed by atoms with Crippen LogP contribution in [0.4, 0.5) is 5.69 Å². The molecule has 0 radical (unpaired) electrons. The highest BCUT2D eigenvalue weighted by molar-refractivity contribution is 7.98. The van der Waals surface area contributed by atoms with Crippen LogP contribution >= 0.6 is 11.8 Å². The molecule has 1 saturated carbocycles. The van der Waals surface area contributed by atoms with Gasteiger partial charge in [-0.2, -0.15) is 11.8 Å². The van der Waals surface area contributed by atoms with E-state index in [4.69, 9.17) is 0 Å². The monoisotopic (exact) mass is 335 g/mol. The van der Waals surface area contributed by atoms with Crippen LogP contribution in [-0.2, 0) is 10.5 Å². The zero-order valence-electron chi connectivity index (χ0n) is 14.1. The molecule has 1 fully saturated rings. The maximum absolute atomic E-state index is 12.1. The fraction of sp³-hybridized carbons (Fsp3) is 0.632. The molecule has 0 spiro atoms. The van der Waals surface area contributed by atoms with Gasteiger partial charge in [0.05, 0.1) is 12.0 Å². The fourth-order valence-corrected chi connectivity index (χ4v) is 3.97. The molecule has 1 aromatic carbocycles. The Hall–Kier alpha value is -1.00. The lowest BCUT2D eigenvalue weighted by Crippen LogP contribution is -2.28. The van der Waals surface area contributed by atoms with Crippen molar-refractivity contribution >= 4 is 23.4 Å². The summed E-state index contributed by atoms with van der Waals surface area (Å²) in [5.41, 5.74) is 2.12. The molecule has 0 bridgehead atoms. The Morgan fingerprint density at radius 3 is 2.65 bits per heavy atom. The van der Waals surface area contributed by atoms with Crippen molar-refractivity contribution in [3.63, 3.8) is 0 Å². The van der Waals surface area contributed by atoms with Gasteiger partial charge < -0.3 is 10.4 Å². The highest BCUT2D eigenvalue weighted by Crippen LogP contribution is 2.27. The number of unbranched alkanes of at least 4 members (excludes halogenated alkanes) is 3. The van der Waals surface area contributed by atoms with E-state index in [2.05, 4.69) is 24.4 Å². The number of aliphatic hydroxyl groups excluding tert-OH is 1. The zero-order valence-corrected chi connectivity index (χ0v) is 14.9. The average Bonchev–Trinajstić information content (AvgIpc) is 2.98. The van der Waals surface area contributed by atoms with Crippen LogP contribution in [0.1, 0.15) is 57.4 Å². The summed E-state index contributed by atoms with van der Waals surface area (Å²) in [5.74, 6) is 1.96. The van der Waals surface area contributed by atoms with Crippen molar-refractivity contribution in [1.82, 2.24) is 0 Å². The molecule has 0 aromatic heterocycles. The van der Waals surface area contributed by atoms with Crippen molar-refractivity contribution < 1.29 is 9.90 Å². The average molecular weight is 336 g/mol. The lowest BCUT2D eigenvalue weighted by atomic mass is 10.1. The molecule has 2 N–H and O–H groups in total. The Labute approximate surface area is 144 Å². The molecule has 2 atom stereocenters. The van der Waals surface area contributed by atoms with E-state index in [9.17, 15) is 9.90 Å². The van der Waals surface area contributed by atoms with Gasteiger partial charge in [0.15, 0.2) is 0 Å². The van der Waals surface area contributed by atoms with Gasteiger partial charge in [0.25, 0.3) is 0 Å². The number of nitrogens with one attached hydrogen (secondary N) is 1. The molecule has 1 aliphatic rings. The largest absolute Gasteiger partial charge is 0.392 e. The summed E-state index contributed by atoms with van der Waals surface area (Å²) < 4.78 is 0. The number of carbonyl (C=O) groups excluding carboxylic acids is 1. The molecule has 23 heavy (non-hydrogen) atoms. The van der Waals surface area contributed by atoms with Gasteiger partial charge >= 0.3 is 0 Å². The van der Waals surface area contributed by atoms with E-state index in [1.54, 1.807) is 0 Å². The van der Waals surface area contributed by atoms with Crippen LogP contribution in [0.15, 0.2) is 24.3 Å². The van der Waals surface area contributed by atoms with Crippen molar-refractivity contribution in [3.05, 3.63) is 29.8 Å². The van der Waals surface area contributed by atoms with Crippen molar-refractivity contribution in [2.45, 2.75) is 63.7 Å². The van der Waals surface area contributed by atoms with E-state index < -0.39 is 6.10 Å². The molecular formula is C19H29NO2S. The molecule has 1 amide bonds. The number of benzene rings is 1. The minimum absolute atomic E-state index is 0.0481. The third kappa shape index (κ3) is 6.19. The topological polar surface area (TPSA) is 49.3 Å². The number of rotatable bonds is 9. The summed E-state index contributed by atoms with van der Waals surface area (Å²) in [6.07, 6.45) is 7.26. The minimum atomic E-state index is -0.474. The van der Waals surface area contributed by atoms with E-state index in [1.807, 2.05) is 23.9 Å². The first-order valence-electron chi connectivity index (χ1n) is 8.86. The predicted molar refractivity (Wildman–Crippen MR) is 98.7 cm³/mol. The lowest BCUT2D eigenvalue weighted by molar-refractivity contribution is -0.122. The Kier molecular flexibility index (Phi) is 7.96. The fourth-order valence-electron chi connectivity index (χ4n) is 2.99. The summed E-state index contributed by atoms with van der Waals surface area (Å²) in [7, 11) is 0. The maximum Gasteiger partial charge on any atom is 0.230 e. The van der Waals surface area contributed by atoms with E-state index in [1.165, 1.54) is 37.0 Å². The van der Waals surface area contributed by atoms with E-state index in [0.29, 0.717) is 0 Å². The van der Waals surface area contributed by atoms with Crippen LogP contribution in [0, 0.1) is 5.92 Å². The third-order valence-electron chi connectivity index (χ3n) is 4.45. The number of hydrogen-bond acceptors (Lipinski definition) is 3. The van der Waals surface area contributed by atoms with Gasteiger partial charge in [0.1, 0.15) is 0 Å². The van der Waals surface area contributed by atoms with Crippen molar-refractivity contribution in [2.24, 2.45) is 5.92 Å². The van der Waals surface area contributed by atoms with Gasteiger partial charge in [0, 0.05) is 11.4 Å². The summed E-state index contributed by atoms with van der Waals surface area (Å²) >= 11 is 1.98. The first-order chi connectivity index (χ1) is 11.2. The Morgan fingerprint density at radius 1 is 1.22 bits per heavy atom. The van der Waals surface area contributed by atoms with E-state index in [-0.39, 0.29) is 11.8 Å². The molecule has 1 aliphatic carbocycles. The SMILES string of the molecule is CCCCCCSCc1ccc(NC(=O)[C@H]2CCC[C@@H]2O)cc1. The third-order valence-corrected chi connectivity index (χ3v) is 5.56. The summed E-state index contributed by atoms with van der Waals surface area (Å²) in [6, 6.07) is 8.10. The highest BCUT2D eigenvalue weighted by Gasteiger charge is 2.31. The number of aliphatic hydroxyl groups is 1. The minimum Gasteiger partial charge on any atom is -0.392 e. The predicted octanol–water partition coefficient (Wildman–Crippen LogP) is 4.60. The number of thioether (sulfide) groups is 1. The van der Waals surface area contributed by atoms with Crippen molar-refractivity contribution in [2.75, 3.05) is 11.1 Å². The lowest BCUT2D eigenvalue weighted by Gasteiger charge is -2.14. The summed E-state index contributed by atoms with van der Waals surface area (Å²) in [4.78, 5) is 12.1. The second kappa shape index (κ2) is 9.99. The Morgan fingerprint density at radius 2 is 2.00 bits per heavy atom. The molecule has 0 saturated heterocycles. The van der Waals surface area contributed by atoms with E-state index in [0.717, 1.165) is 30.7 Å². The summed E-state index contributed by atoms with van der Waals surface area (Å²) in [5, 5.41) is 12.7. The molecule has 2 rings (SSSR count). The smallest absolute Gasteiger partial charge is 0.230 e. The van der Waals surface area contributed by atoms with Crippen LogP contribution in [0.25, 0.3) is 0 Å². The van der Waals surface area contributed by atoms with Crippen LogP contribution in [0.5, 0.6) is 0 Å².